The Hall–Kier alpha value is -1.35. The van der Waals surface area contributed by atoms with E-state index in [1.165, 1.54) is 11.1 Å². The topological polar surface area (TPSA) is 38.3 Å². The summed E-state index contributed by atoms with van der Waals surface area (Å²) >= 11 is 0. The summed E-state index contributed by atoms with van der Waals surface area (Å²) in [6.07, 6.45) is 1.90. The van der Waals surface area contributed by atoms with Crippen LogP contribution in [0.4, 0.5) is 0 Å². The molecule has 0 aliphatic rings. The first-order valence-electron chi connectivity index (χ1n) is 6.03. The predicted octanol–water partition coefficient (Wildman–Crippen LogP) is 1.98. The minimum absolute atomic E-state index is 0.175. The van der Waals surface area contributed by atoms with Crippen LogP contribution in [0.3, 0.4) is 0 Å². The minimum atomic E-state index is 0.175. The summed E-state index contributed by atoms with van der Waals surface area (Å²) in [6, 6.07) is 6.26. The molecule has 17 heavy (non-hydrogen) atoms. The van der Waals surface area contributed by atoms with E-state index in [0.29, 0.717) is 6.54 Å². The summed E-state index contributed by atoms with van der Waals surface area (Å²) in [5, 5.41) is 3.12. The Balaban J connectivity index is 2.51. The smallest absolute Gasteiger partial charge is 0.143 e. The Kier molecular flexibility index (Phi) is 5.70. The third-order valence-electron chi connectivity index (χ3n) is 2.69. The molecular weight excluding hydrogens is 214 g/mol. The number of hydrogen-bond acceptors (Lipinski definition) is 3. The van der Waals surface area contributed by atoms with Crippen molar-refractivity contribution in [1.29, 1.82) is 0 Å². The molecule has 0 amide bonds. The maximum Gasteiger partial charge on any atom is 0.143 e. The number of aryl methyl sites for hydroxylation is 1. The van der Waals surface area contributed by atoms with Gasteiger partial charge in [-0.25, -0.2) is 0 Å². The van der Waals surface area contributed by atoms with Crippen LogP contribution in [0, 0.1) is 0 Å². The summed E-state index contributed by atoms with van der Waals surface area (Å²) < 4.78 is 5.29. The quantitative estimate of drug-likeness (QED) is 0.734. The average molecular weight is 235 g/mol. The molecule has 0 fully saturated rings. The maximum atomic E-state index is 10.8. The molecule has 0 heterocycles. The van der Waals surface area contributed by atoms with Crippen LogP contribution >= 0.6 is 0 Å². The van der Waals surface area contributed by atoms with Gasteiger partial charge < -0.3 is 10.1 Å². The van der Waals surface area contributed by atoms with Gasteiger partial charge in [-0.3, -0.25) is 4.79 Å². The van der Waals surface area contributed by atoms with Crippen molar-refractivity contribution in [2.75, 3.05) is 20.2 Å². The lowest BCUT2D eigenvalue weighted by Gasteiger charge is -2.09. The number of methoxy groups -OCH3 is 1. The fraction of sp³-hybridized carbons (Fsp3) is 0.500. The second kappa shape index (κ2) is 7.07. The van der Waals surface area contributed by atoms with Gasteiger partial charge in [0, 0.05) is 0 Å². The van der Waals surface area contributed by atoms with Crippen LogP contribution in [0.1, 0.15) is 25.0 Å². The van der Waals surface area contributed by atoms with E-state index in [2.05, 4.69) is 24.4 Å². The predicted molar refractivity (Wildman–Crippen MR) is 69.6 cm³/mol. The van der Waals surface area contributed by atoms with E-state index >= 15 is 0 Å². The molecule has 0 radical (unpaired) electrons. The Bertz CT molecular complexity index is 374. The molecule has 94 valence electrons. The lowest BCUT2D eigenvalue weighted by atomic mass is 10.1. The molecule has 0 aliphatic heterocycles. The van der Waals surface area contributed by atoms with Crippen molar-refractivity contribution in [1.82, 2.24) is 5.32 Å². The van der Waals surface area contributed by atoms with Crippen molar-refractivity contribution in [3.63, 3.8) is 0 Å². The Morgan fingerprint density at radius 2 is 2.18 bits per heavy atom. The molecule has 1 N–H and O–H groups in total. The molecule has 0 atom stereocenters. The van der Waals surface area contributed by atoms with E-state index in [-0.39, 0.29) is 5.78 Å². The fourth-order valence-corrected chi connectivity index (χ4v) is 1.76. The molecule has 0 saturated carbocycles. The first-order chi connectivity index (χ1) is 8.17. The van der Waals surface area contributed by atoms with Crippen LogP contribution in [0.5, 0.6) is 5.75 Å². The van der Waals surface area contributed by atoms with Crippen molar-refractivity contribution in [2.24, 2.45) is 0 Å². The lowest BCUT2D eigenvalue weighted by Crippen LogP contribution is -2.23. The van der Waals surface area contributed by atoms with Crippen LogP contribution in [0.15, 0.2) is 18.2 Å². The van der Waals surface area contributed by atoms with Gasteiger partial charge in [-0.05, 0) is 43.5 Å². The fourth-order valence-electron chi connectivity index (χ4n) is 1.76. The maximum absolute atomic E-state index is 10.8. The zero-order valence-electron chi connectivity index (χ0n) is 10.9. The molecule has 0 bridgehead atoms. The van der Waals surface area contributed by atoms with Crippen LogP contribution < -0.4 is 10.1 Å². The van der Waals surface area contributed by atoms with Gasteiger partial charge in [0.2, 0.25) is 0 Å². The van der Waals surface area contributed by atoms with E-state index in [1.807, 2.05) is 6.07 Å². The summed E-state index contributed by atoms with van der Waals surface area (Å²) in [7, 11) is 1.70. The van der Waals surface area contributed by atoms with Crippen molar-refractivity contribution < 1.29 is 9.53 Å². The number of carbonyl (C=O) groups excluding carboxylic acids is 1. The molecule has 0 unspecified atom stereocenters. The van der Waals surface area contributed by atoms with Crippen molar-refractivity contribution >= 4 is 5.78 Å². The summed E-state index contributed by atoms with van der Waals surface area (Å²) in [6.45, 7) is 5.00. The van der Waals surface area contributed by atoms with Crippen LogP contribution in [0.25, 0.3) is 0 Å². The average Bonchev–Trinajstić information content (AvgIpc) is 2.34. The number of benzene rings is 1. The SMILES string of the molecule is CCc1cc(CCNCC(C)=O)ccc1OC. The Labute approximate surface area is 103 Å². The Morgan fingerprint density at radius 1 is 1.41 bits per heavy atom. The van der Waals surface area contributed by atoms with Gasteiger partial charge >= 0.3 is 0 Å². The molecule has 3 heteroatoms. The van der Waals surface area contributed by atoms with Crippen molar-refractivity contribution in [2.45, 2.75) is 26.7 Å². The van der Waals surface area contributed by atoms with Gasteiger partial charge in [0.15, 0.2) is 0 Å². The Morgan fingerprint density at radius 3 is 2.76 bits per heavy atom. The number of ketones is 1. The molecule has 1 aromatic carbocycles. The molecule has 0 aliphatic carbocycles. The molecule has 1 rings (SSSR count). The standard InChI is InChI=1S/C14H21NO2/c1-4-13-9-12(5-6-14(13)17-3)7-8-15-10-11(2)16/h5-6,9,15H,4,7-8,10H2,1-3H3. The third kappa shape index (κ3) is 4.57. The largest absolute Gasteiger partial charge is 0.496 e. The second-order valence-corrected chi connectivity index (χ2v) is 4.13. The molecule has 0 saturated heterocycles. The summed E-state index contributed by atoms with van der Waals surface area (Å²) in [4.78, 5) is 10.8. The van der Waals surface area contributed by atoms with Crippen LogP contribution in [-0.2, 0) is 17.6 Å². The van der Waals surface area contributed by atoms with Gasteiger partial charge in [-0.2, -0.15) is 0 Å². The highest BCUT2D eigenvalue weighted by atomic mass is 16.5. The number of nitrogens with one attached hydrogen (secondary N) is 1. The lowest BCUT2D eigenvalue weighted by molar-refractivity contribution is -0.116. The van der Waals surface area contributed by atoms with Crippen molar-refractivity contribution in [3.8, 4) is 5.75 Å². The van der Waals surface area contributed by atoms with Gasteiger partial charge in [0.05, 0.1) is 13.7 Å². The van der Waals surface area contributed by atoms with Gasteiger partial charge in [-0.15, -0.1) is 0 Å². The van der Waals surface area contributed by atoms with Gasteiger partial charge in [0.1, 0.15) is 11.5 Å². The van der Waals surface area contributed by atoms with Crippen LogP contribution in [0.2, 0.25) is 0 Å². The van der Waals surface area contributed by atoms with E-state index in [1.54, 1.807) is 14.0 Å². The van der Waals surface area contributed by atoms with Crippen LogP contribution in [-0.4, -0.2) is 26.0 Å². The number of Topliss-reactive ketones (excluding diaryl/α,β-unsaturated/α-hetero) is 1. The highest BCUT2D eigenvalue weighted by molar-refractivity contribution is 5.77. The van der Waals surface area contributed by atoms with E-state index in [0.717, 1.165) is 25.1 Å². The summed E-state index contributed by atoms with van der Waals surface area (Å²) in [5.74, 6) is 1.13. The van der Waals surface area contributed by atoms with E-state index in [4.69, 9.17) is 4.74 Å². The monoisotopic (exact) mass is 235 g/mol. The zero-order valence-corrected chi connectivity index (χ0v) is 10.9. The third-order valence-corrected chi connectivity index (χ3v) is 2.69. The highest BCUT2D eigenvalue weighted by Crippen LogP contribution is 2.20. The van der Waals surface area contributed by atoms with Gasteiger partial charge in [0.25, 0.3) is 0 Å². The number of ether oxygens (including phenoxy) is 1. The molecule has 0 aromatic heterocycles. The van der Waals surface area contributed by atoms with Crippen molar-refractivity contribution in [3.05, 3.63) is 29.3 Å². The zero-order chi connectivity index (χ0) is 12.7. The normalized spacial score (nSPS) is 10.3. The first kappa shape index (κ1) is 13.7. The minimum Gasteiger partial charge on any atom is -0.496 e. The molecule has 3 nitrogen and oxygen atoms in total. The molecular formula is C14H21NO2. The van der Waals surface area contributed by atoms with Gasteiger partial charge in [-0.1, -0.05) is 19.1 Å². The molecule has 0 spiro atoms. The summed E-state index contributed by atoms with van der Waals surface area (Å²) in [5.41, 5.74) is 2.51. The first-order valence-corrected chi connectivity index (χ1v) is 6.03. The highest BCUT2D eigenvalue weighted by Gasteiger charge is 2.02. The number of hydrogen-bond donors (Lipinski definition) is 1. The number of carbonyl (C=O) groups is 1. The number of rotatable bonds is 7. The second-order valence-electron chi connectivity index (χ2n) is 4.13. The molecule has 1 aromatic rings. The van der Waals surface area contributed by atoms with E-state index < -0.39 is 0 Å². The van der Waals surface area contributed by atoms with E-state index in [9.17, 15) is 4.79 Å².